The van der Waals surface area contributed by atoms with Gasteiger partial charge in [-0.2, -0.15) is 0 Å². The van der Waals surface area contributed by atoms with E-state index in [0.29, 0.717) is 6.42 Å². The summed E-state index contributed by atoms with van der Waals surface area (Å²) in [4.78, 5) is -0.0834. The molecule has 0 heterocycles. The molecule has 3 heteroatoms. The number of halogens is 1. The first-order valence-electron chi connectivity index (χ1n) is 4.01. The van der Waals surface area contributed by atoms with Crippen LogP contribution in [0.4, 0.5) is 4.39 Å². The molecule has 0 aliphatic heterocycles. The van der Waals surface area contributed by atoms with E-state index >= 15 is 0 Å². The molecular formula is C10H10FNSe. The zero-order chi connectivity index (χ0) is 9.52. The molecule has 1 unspecified atom stereocenters. The zero-order valence-corrected chi connectivity index (χ0v) is 8.82. The Hall–Kier alpha value is -0.841. The second-order valence-corrected chi connectivity index (χ2v) is 5.45. The second-order valence-electron chi connectivity index (χ2n) is 2.57. The van der Waals surface area contributed by atoms with E-state index in [-0.39, 0.29) is 26.4 Å². The molecule has 68 valence electrons. The fourth-order valence-corrected chi connectivity index (χ4v) is 2.85. The Balaban J connectivity index is 2.53. The van der Waals surface area contributed by atoms with Crippen molar-refractivity contribution in [2.45, 2.75) is 11.2 Å². The normalized spacial score (nSPS) is 12.0. The molecule has 0 aromatic heterocycles. The van der Waals surface area contributed by atoms with E-state index in [1.54, 1.807) is 0 Å². The number of benzene rings is 1. The number of hydrogen-bond donors (Lipinski definition) is 0. The van der Waals surface area contributed by atoms with E-state index in [1.807, 2.05) is 36.4 Å². The van der Waals surface area contributed by atoms with Gasteiger partial charge in [-0.15, -0.1) is 0 Å². The van der Waals surface area contributed by atoms with Gasteiger partial charge in [-0.05, 0) is 0 Å². The Labute approximate surface area is 83.7 Å². The summed E-state index contributed by atoms with van der Waals surface area (Å²) in [6.07, 6.45) is 0.325. The van der Waals surface area contributed by atoms with Gasteiger partial charge in [0.15, 0.2) is 0 Å². The van der Waals surface area contributed by atoms with Crippen LogP contribution < -0.4 is 4.46 Å². The van der Waals surface area contributed by atoms with E-state index in [9.17, 15) is 4.39 Å². The quantitative estimate of drug-likeness (QED) is 0.737. The van der Waals surface area contributed by atoms with Crippen molar-refractivity contribution in [2.75, 3.05) is 6.67 Å². The molecule has 0 aliphatic rings. The van der Waals surface area contributed by atoms with Crippen LogP contribution in [0.3, 0.4) is 0 Å². The van der Waals surface area contributed by atoms with Gasteiger partial charge < -0.3 is 0 Å². The molecule has 0 amide bonds. The average Bonchev–Trinajstić information content (AvgIpc) is 2.19. The number of nitriles is 1. The molecule has 0 aliphatic carbocycles. The maximum absolute atomic E-state index is 12.4. The predicted octanol–water partition coefficient (Wildman–Crippen LogP) is 1.69. The molecule has 1 aromatic rings. The van der Waals surface area contributed by atoms with Crippen molar-refractivity contribution in [1.29, 1.82) is 5.26 Å². The molecule has 0 radical (unpaired) electrons. The fraction of sp³-hybridized carbons (Fsp3) is 0.300. The summed E-state index contributed by atoms with van der Waals surface area (Å²) in [6, 6.07) is 11.8. The summed E-state index contributed by atoms with van der Waals surface area (Å²) >= 11 is 0.0890. The van der Waals surface area contributed by atoms with Gasteiger partial charge in [-0.1, -0.05) is 0 Å². The van der Waals surface area contributed by atoms with Gasteiger partial charge in [0.05, 0.1) is 0 Å². The summed E-state index contributed by atoms with van der Waals surface area (Å²) in [5.74, 6) is 0. The monoisotopic (exact) mass is 243 g/mol. The van der Waals surface area contributed by atoms with Gasteiger partial charge >= 0.3 is 83.4 Å². The fourth-order valence-electron chi connectivity index (χ4n) is 0.921. The van der Waals surface area contributed by atoms with Gasteiger partial charge in [0.2, 0.25) is 0 Å². The van der Waals surface area contributed by atoms with Crippen molar-refractivity contribution < 1.29 is 4.39 Å². The molecule has 1 atom stereocenters. The van der Waals surface area contributed by atoms with Gasteiger partial charge in [-0.3, -0.25) is 0 Å². The Morgan fingerprint density at radius 2 is 2.08 bits per heavy atom. The standard InChI is InChI=1S/C10H10FNSe/c11-8-10(6-7-12)13-9-4-2-1-3-5-9/h1-5,10H,6,8H2. The van der Waals surface area contributed by atoms with Crippen molar-refractivity contribution in [2.24, 2.45) is 0 Å². The summed E-state index contributed by atoms with van der Waals surface area (Å²) in [7, 11) is 0. The topological polar surface area (TPSA) is 23.8 Å². The molecule has 0 saturated carbocycles. The van der Waals surface area contributed by atoms with Crippen LogP contribution in [0, 0.1) is 11.3 Å². The van der Waals surface area contributed by atoms with Crippen LogP contribution >= 0.6 is 0 Å². The van der Waals surface area contributed by atoms with Crippen molar-refractivity contribution >= 4 is 19.4 Å². The van der Waals surface area contributed by atoms with Crippen molar-refractivity contribution in [3.8, 4) is 6.07 Å². The van der Waals surface area contributed by atoms with Crippen LogP contribution in [-0.4, -0.2) is 21.6 Å². The van der Waals surface area contributed by atoms with Gasteiger partial charge in [0, 0.05) is 0 Å². The van der Waals surface area contributed by atoms with Crippen molar-refractivity contribution in [3.63, 3.8) is 0 Å². The predicted molar refractivity (Wildman–Crippen MR) is 51.8 cm³/mol. The van der Waals surface area contributed by atoms with E-state index in [0.717, 1.165) is 4.46 Å². The number of nitrogens with zero attached hydrogens (tertiary/aromatic N) is 1. The first-order valence-corrected chi connectivity index (χ1v) is 5.86. The molecule has 0 spiro atoms. The van der Waals surface area contributed by atoms with Gasteiger partial charge in [-0.25, -0.2) is 0 Å². The van der Waals surface area contributed by atoms with Gasteiger partial charge in [0.1, 0.15) is 0 Å². The number of rotatable bonds is 4. The maximum atomic E-state index is 12.4. The third-order valence-corrected chi connectivity index (χ3v) is 3.99. The first kappa shape index (κ1) is 10.2. The molecular weight excluding hydrogens is 232 g/mol. The Bertz CT molecular complexity index is 281. The van der Waals surface area contributed by atoms with E-state index in [4.69, 9.17) is 5.26 Å². The van der Waals surface area contributed by atoms with E-state index < -0.39 is 0 Å². The Morgan fingerprint density at radius 1 is 1.38 bits per heavy atom. The Morgan fingerprint density at radius 3 is 2.62 bits per heavy atom. The molecule has 1 rings (SSSR count). The first-order chi connectivity index (χ1) is 6.36. The third kappa shape index (κ3) is 3.59. The van der Waals surface area contributed by atoms with Crippen molar-refractivity contribution in [1.82, 2.24) is 0 Å². The molecule has 0 fully saturated rings. The molecule has 13 heavy (non-hydrogen) atoms. The zero-order valence-electron chi connectivity index (χ0n) is 7.11. The molecule has 0 N–H and O–H groups in total. The SMILES string of the molecule is N#CCC(CF)[Se]c1ccccc1. The Kier molecular flexibility index (Phi) is 4.53. The number of alkyl halides is 1. The molecule has 1 nitrogen and oxygen atoms in total. The van der Waals surface area contributed by atoms with Gasteiger partial charge in [0.25, 0.3) is 0 Å². The average molecular weight is 242 g/mol. The van der Waals surface area contributed by atoms with Crippen LogP contribution in [0.25, 0.3) is 0 Å². The van der Waals surface area contributed by atoms with Crippen LogP contribution in [0.1, 0.15) is 6.42 Å². The molecule has 0 bridgehead atoms. The third-order valence-electron chi connectivity index (χ3n) is 1.54. The van der Waals surface area contributed by atoms with Crippen LogP contribution in [0.5, 0.6) is 0 Å². The molecule has 1 aromatic carbocycles. The van der Waals surface area contributed by atoms with E-state index in [2.05, 4.69) is 0 Å². The van der Waals surface area contributed by atoms with Crippen LogP contribution in [0.15, 0.2) is 30.3 Å². The summed E-state index contributed by atoms with van der Waals surface area (Å²) in [6.45, 7) is -0.386. The van der Waals surface area contributed by atoms with Crippen LogP contribution in [0.2, 0.25) is 4.82 Å². The molecule has 0 saturated heterocycles. The second kappa shape index (κ2) is 5.75. The van der Waals surface area contributed by atoms with E-state index in [1.165, 1.54) is 0 Å². The van der Waals surface area contributed by atoms with Crippen molar-refractivity contribution in [3.05, 3.63) is 30.3 Å². The van der Waals surface area contributed by atoms with Crippen LogP contribution in [-0.2, 0) is 0 Å². The summed E-state index contributed by atoms with van der Waals surface area (Å²) in [5.41, 5.74) is 0. The number of hydrogen-bond acceptors (Lipinski definition) is 1. The summed E-state index contributed by atoms with van der Waals surface area (Å²) < 4.78 is 13.6. The minimum atomic E-state index is -0.386. The minimum absolute atomic E-state index is 0.0834. The summed E-state index contributed by atoms with van der Waals surface area (Å²) in [5, 5.41) is 8.44.